The first-order chi connectivity index (χ1) is 8.97. The lowest BCUT2D eigenvalue weighted by molar-refractivity contribution is -0.122. The van der Waals surface area contributed by atoms with E-state index in [0.29, 0.717) is 24.4 Å². The second kappa shape index (κ2) is 7.74. The highest BCUT2D eigenvalue weighted by atomic mass is 32.1. The van der Waals surface area contributed by atoms with E-state index in [-0.39, 0.29) is 11.9 Å². The Bertz CT molecular complexity index is 430. The minimum atomic E-state index is 0.0000932. The molecule has 1 amide bonds. The maximum absolute atomic E-state index is 11.4. The molecule has 0 heterocycles. The molecule has 19 heavy (non-hydrogen) atoms. The fourth-order valence-electron chi connectivity index (χ4n) is 1.56. The summed E-state index contributed by atoms with van der Waals surface area (Å²) < 4.78 is 5.49. The van der Waals surface area contributed by atoms with Gasteiger partial charge in [0, 0.05) is 12.5 Å². The number of carbonyl (C=O) groups is 1. The molecule has 0 atom stereocenters. The summed E-state index contributed by atoms with van der Waals surface area (Å²) in [5.41, 5.74) is 6.52. The van der Waals surface area contributed by atoms with Crippen molar-refractivity contribution in [1.82, 2.24) is 5.32 Å². The van der Waals surface area contributed by atoms with Crippen molar-refractivity contribution in [3.8, 4) is 5.75 Å². The van der Waals surface area contributed by atoms with Gasteiger partial charge in [0.2, 0.25) is 5.91 Å². The summed E-state index contributed by atoms with van der Waals surface area (Å²) in [7, 11) is 0. The number of rotatable bonds is 7. The van der Waals surface area contributed by atoms with Crippen LogP contribution in [0.25, 0.3) is 0 Å². The van der Waals surface area contributed by atoms with Gasteiger partial charge in [-0.1, -0.05) is 24.4 Å². The van der Waals surface area contributed by atoms with Crippen LogP contribution in [0.4, 0.5) is 0 Å². The van der Waals surface area contributed by atoms with Gasteiger partial charge in [-0.15, -0.1) is 0 Å². The van der Waals surface area contributed by atoms with Crippen molar-refractivity contribution in [3.05, 3.63) is 29.8 Å². The number of thiocarbonyl (C=S) groups is 1. The first-order valence-corrected chi connectivity index (χ1v) is 6.67. The smallest absolute Gasteiger partial charge is 0.223 e. The van der Waals surface area contributed by atoms with Crippen LogP contribution in [-0.2, 0) is 11.2 Å². The van der Waals surface area contributed by atoms with Crippen molar-refractivity contribution in [2.45, 2.75) is 32.7 Å². The van der Waals surface area contributed by atoms with Gasteiger partial charge in [0.1, 0.15) is 5.75 Å². The predicted molar refractivity (Wildman–Crippen MR) is 80.3 cm³/mol. The van der Waals surface area contributed by atoms with Gasteiger partial charge in [0.15, 0.2) is 0 Å². The molecule has 5 heteroatoms. The number of nitrogens with one attached hydrogen (secondary N) is 1. The highest BCUT2D eigenvalue weighted by Gasteiger charge is 2.03. The molecule has 3 N–H and O–H groups in total. The van der Waals surface area contributed by atoms with Crippen molar-refractivity contribution in [2.75, 3.05) is 6.61 Å². The zero-order valence-corrected chi connectivity index (χ0v) is 12.1. The molecular formula is C14H20N2O2S. The van der Waals surface area contributed by atoms with E-state index in [2.05, 4.69) is 5.32 Å². The van der Waals surface area contributed by atoms with Gasteiger partial charge in [0.05, 0.1) is 18.0 Å². The lowest BCUT2D eigenvalue weighted by Gasteiger charge is -2.09. The second-order valence-electron chi connectivity index (χ2n) is 4.61. The van der Waals surface area contributed by atoms with Crippen LogP contribution in [0.15, 0.2) is 24.3 Å². The fourth-order valence-corrected chi connectivity index (χ4v) is 1.73. The molecule has 4 nitrogen and oxygen atoms in total. The van der Waals surface area contributed by atoms with E-state index in [1.54, 1.807) is 0 Å². The summed E-state index contributed by atoms with van der Waals surface area (Å²) in [5.74, 6) is 0.740. The lowest BCUT2D eigenvalue weighted by Crippen LogP contribution is -2.31. The van der Waals surface area contributed by atoms with Crippen molar-refractivity contribution in [2.24, 2.45) is 5.73 Å². The molecule has 104 valence electrons. The molecule has 1 rings (SSSR count). The van der Waals surface area contributed by atoms with E-state index >= 15 is 0 Å². The average molecular weight is 280 g/mol. The van der Waals surface area contributed by atoms with Gasteiger partial charge < -0.3 is 15.8 Å². The van der Waals surface area contributed by atoms with Gasteiger partial charge in [0.25, 0.3) is 0 Å². The van der Waals surface area contributed by atoms with Crippen LogP contribution in [-0.4, -0.2) is 23.5 Å². The van der Waals surface area contributed by atoms with E-state index in [1.165, 1.54) is 0 Å². The largest absolute Gasteiger partial charge is 0.493 e. The summed E-state index contributed by atoms with van der Waals surface area (Å²) in [6, 6.07) is 7.71. The van der Waals surface area contributed by atoms with Gasteiger partial charge in [-0.05, 0) is 31.5 Å². The van der Waals surface area contributed by atoms with E-state index < -0.39 is 0 Å². The number of amides is 1. The molecule has 0 radical (unpaired) electrons. The van der Waals surface area contributed by atoms with E-state index in [1.807, 2.05) is 38.1 Å². The van der Waals surface area contributed by atoms with Crippen LogP contribution in [0.5, 0.6) is 5.75 Å². The third kappa shape index (κ3) is 6.76. The van der Waals surface area contributed by atoms with Crippen LogP contribution >= 0.6 is 12.2 Å². The first-order valence-electron chi connectivity index (χ1n) is 6.27. The summed E-state index contributed by atoms with van der Waals surface area (Å²) in [6.07, 6.45) is 0.944. The molecule has 0 aliphatic rings. The summed E-state index contributed by atoms with van der Waals surface area (Å²) >= 11 is 4.85. The molecule has 1 aromatic carbocycles. The molecule has 0 saturated carbocycles. The van der Waals surface area contributed by atoms with Crippen LogP contribution in [0.1, 0.15) is 25.8 Å². The Labute approximate surface area is 119 Å². The van der Waals surface area contributed by atoms with E-state index in [4.69, 9.17) is 22.7 Å². The molecule has 1 aromatic rings. The van der Waals surface area contributed by atoms with E-state index in [0.717, 1.165) is 11.3 Å². The number of hydrogen-bond acceptors (Lipinski definition) is 3. The highest BCUT2D eigenvalue weighted by molar-refractivity contribution is 7.80. The minimum Gasteiger partial charge on any atom is -0.493 e. The topological polar surface area (TPSA) is 64.3 Å². The first kappa shape index (κ1) is 15.4. The number of nitrogens with two attached hydrogens (primary N) is 1. The third-order valence-corrected chi connectivity index (χ3v) is 2.49. The standard InChI is InChI=1S/C14H20N2O2S/c1-10(2)16-14(17)7-8-18-12-5-3-11(4-6-12)9-13(15)19/h3-6,10H,7-9H2,1-2H3,(H2,15,19)(H,16,17). The number of carbonyl (C=O) groups excluding carboxylic acids is 1. The Morgan fingerprint density at radius 2 is 2.00 bits per heavy atom. The van der Waals surface area contributed by atoms with Crippen molar-refractivity contribution < 1.29 is 9.53 Å². The Morgan fingerprint density at radius 3 is 2.53 bits per heavy atom. The maximum Gasteiger partial charge on any atom is 0.223 e. The molecule has 0 unspecified atom stereocenters. The average Bonchev–Trinajstić information content (AvgIpc) is 2.29. The van der Waals surface area contributed by atoms with Crippen molar-refractivity contribution in [3.63, 3.8) is 0 Å². The van der Waals surface area contributed by atoms with Crippen LogP contribution < -0.4 is 15.8 Å². The molecular weight excluding hydrogens is 260 g/mol. The van der Waals surface area contributed by atoms with Gasteiger partial charge in [-0.25, -0.2) is 0 Å². The van der Waals surface area contributed by atoms with E-state index in [9.17, 15) is 4.79 Å². The molecule has 0 spiro atoms. The zero-order chi connectivity index (χ0) is 14.3. The van der Waals surface area contributed by atoms with Crippen LogP contribution in [0.3, 0.4) is 0 Å². The molecule has 0 aromatic heterocycles. The summed E-state index contributed by atoms with van der Waals surface area (Å²) in [4.78, 5) is 11.9. The van der Waals surface area contributed by atoms with Crippen LogP contribution in [0, 0.1) is 0 Å². The SMILES string of the molecule is CC(C)NC(=O)CCOc1ccc(CC(N)=S)cc1. The highest BCUT2D eigenvalue weighted by Crippen LogP contribution is 2.12. The normalized spacial score (nSPS) is 10.3. The van der Waals surface area contributed by atoms with Gasteiger partial charge in [-0.2, -0.15) is 0 Å². The van der Waals surface area contributed by atoms with Crippen molar-refractivity contribution in [1.29, 1.82) is 0 Å². The Kier molecular flexibility index (Phi) is 6.29. The Hall–Kier alpha value is -1.62. The summed E-state index contributed by atoms with van der Waals surface area (Å²) in [6.45, 7) is 4.23. The molecule has 0 bridgehead atoms. The van der Waals surface area contributed by atoms with Gasteiger partial charge in [-0.3, -0.25) is 4.79 Å². The lowest BCUT2D eigenvalue weighted by atomic mass is 10.1. The molecule has 0 aliphatic carbocycles. The summed E-state index contributed by atoms with van der Waals surface area (Å²) in [5, 5.41) is 2.81. The van der Waals surface area contributed by atoms with Gasteiger partial charge >= 0.3 is 0 Å². The molecule has 0 aliphatic heterocycles. The third-order valence-electron chi connectivity index (χ3n) is 2.35. The molecule has 0 fully saturated rings. The molecule has 0 saturated heterocycles. The Morgan fingerprint density at radius 1 is 1.37 bits per heavy atom. The zero-order valence-electron chi connectivity index (χ0n) is 11.3. The predicted octanol–water partition coefficient (Wildman–Crippen LogP) is 1.81. The maximum atomic E-state index is 11.4. The Balaban J connectivity index is 2.34. The quantitative estimate of drug-likeness (QED) is 0.748. The minimum absolute atomic E-state index is 0.0000932. The fraction of sp³-hybridized carbons (Fsp3) is 0.429. The number of ether oxygens (including phenoxy) is 1. The van der Waals surface area contributed by atoms with Crippen molar-refractivity contribution >= 4 is 23.1 Å². The number of benzene rings is 1. The monoisotopic (exact) mass is 280 g/mol. The second-order valence-corrected chi connectivity index (χ2v) is 5.13. The van der Waals surface area contributed by atoms with Crippen LogP contribution in [0.2, 0.25) is 0 Å². The number of hydrogen-bond donors (Lipinski definition) is 2.